The monoisotopic (exact) mass is 397 g/mol. The standard InChI is InChI=1S/C18H15N5O2S2/c1-10-8-15(24)23-18(19-10)27-14(21-23)9-26-17-20-13-5-3-2-4-12(13)16(25)22(17)11-6-7-11/h2-5,8,11H,6-7,9H2,1H3. The highest BCUT2D eigenvalue weighted by atomic mass is 32.2. The molecule has 27 heavy (non-hydrogen) atoms. The molecule has 0 spiro atoms. The van der Waals surface area contributed by atoms with Gasteiger partial charge in [0.05, 0.1) is 16.7 Å². The molecule has 0 aliphatic heterocycles. The Morgan fingerprint density at radius 3 is 2.85 bits per heavy atom. The number of rotatable bonds is 4. The van der Waals surface area contributed by atoms with Crippen molar-refractivity contribution in [2.24, 2.45) is 0 Å². The van der Waals surface area contributed by atoms with Crippen LogP contribution in [0.2, 0.25) is 0 Å². The third-order valence-corrected chi connectivity index (χ3v) is 6.48. The van der Waals surface area contributed by atoms with Crippen molar-refractivity contribution >= 4 is 39.0 Å². The molecule has 0 unspecified atom stereocenters. The van der Waals surface area contributed by atoms with Gasteiger partial charge in [-0.15, -0.1) is 0 Å². The molecular formula is C18H15N5O2S2. The second kappa shape index (κ2) is 6.28. The van der Waals surface area contributed by atoms with Crippen LogP contribution in [-0.4, -0.2) is 24.1 Å². The smallest absolute Gasteiger partial charge is 0.275 e. The zero-order valence-electron chi connectivity index (χ0n) is 14.5. The number of aryl methyl sites for hydroxylation is 1. The zero-order valence-corrected chi connectivity index (χ0v) is 16.1. The molecule has 3 heterocycles. The van der Waals surface area contributed by atoms with Crippen molar-refractivity contribution in [3.8, 4) is 0 Å². The topological polar surface area (TPSA) is 82.2 Å². The highest BCUT2D eigenvalue weighted by Gasteiger charge is 2.28. The average Bonchev–Trinajstić information content (AvgIpc) is 3.39. The summed E-state index contributed by atoms with van der Waals surface area (Å²) in [6.07, 6.45) is 2.01. The first-order valence-electron chi connectivity index (χ1n) is 8.60. The van der Waals surface area contributed by atoms with Gasteiger partial charge in [0, 0.05) is 17.8 Å². The summed E-state index contributed by atoms with van der Waals surface area (Å²) < 4.78 is 3.14. The van der Waals surface area contributed by atoms with Gasteiger partial charge < -0.3 is 0 Å². The molecule has 1 aliphatic carbocycles. The SMILES string of the molecule is Cc1cc(=O)n2nc(CSc3nc4ccccc4c(=O)n3C3CC3)sc2n1. The van der Waals surface area contributed by atoms with Gasteiger partial charge in [0.25, 0.3) is 11.1 Å². The Kier molecular flexibility index (Phi) is 3.87. The second-order valence-electron chi connectivity index (χ2n) is 6.53. The van der Waals surface area contributed by atoms with E-state index in [0.29, 0.717) is 32.5 Å². The minimum absolute atomic E-state index is 0.0170. The molecule has 4 aromatic rings. The predicted octanol–water partition coefficient (Wildman–Crippen LogP) is 2.80. The third kappa shape index (κ3) is 2.96. The van der Waals surface area contributed by atoms with Gasteiger partial charge in [-0.25, -0.2) is 9.97 Å². The van der Waals surface area contributed by atoms with Crippen LogP contribution in [0.15, 0.2) is 45.1 Å². The number of thioether (sulfide) groups is 1. The van der Waals surface area contributed by atoms with Crippen molar-refractivity contribution in [2.45, 2.75) is 36.7 Å². The fraction of sp³-hybridized carbons (Fsp3) is 0.278. The summed E-state index contributed by atoms with van der Waals surface area (Å²) in [6, 6.07) is 9.15. The van der Waals surface area contributed by atoms with Crippen molar-refractivity contribution in [3.05, 3.63) is 61.7 Å². The maximum atomic E-state index is 12.9. The maximum absolute atomic E-state index is 12.9. The van der Waals surface area contributed by atoms with E-state index in [2.05, 4.69) is 10.1 Å². The Labute approximate surface area is 161 Å². The first-order chi connectivity index (χ1) is 13.1. The van der Waals surface area contributed by atoms with E-state index in [0.717, 1.165) is 17.8 Å². The largest absolute Gasteiger partial charge is 0.284 e. The van der Waals surface area contributed by atoms with Crippen molar-refractivity contribution in [1.29, 1.82) is 0 Å². The van der Waals surface area contributed by atoms with Crippen LogP contribution >= 0.6 is 23.1 Å². The second-order valence-corrected chi connectivity index (χ2v) is 8.52. The van der Waals surface area contributed by atoms with Crippen molar-refractivity contribution in [1.82, 2.24) is 24.1 Å². The van der Waals surface area contributed by atoms with Crippen LogP contribution in [0.4, 0.5) is 0 Å². The first kappa shape index (κ1) is 16.6. The quantitative estimate of drug-likeness (QED) is 0.389. The van der Waals surface area contributed by atoms with Gasteiger partial charge in [-0.3, -0.25) is 14.2 Å². The Bertz CT molecular complexity index is 1300. The fourth-order valence-electron chi connectivity index (χ4n) is 3.03. The van der Waals surface area contributed by atoms with Crippen LogP contribution in [0.3, 0.4) is 0 Å². The van der Waals surface area contributed by atoms with Gasteiger partial charge in [-0.1, -0.05) is 35.2 Å². The zero-order chi connectivity index (χ0) is 18.5. The van der Waals surface area contributed by atoms with Gasteiger partial charge in [0.15, 0.2) is 5.16 Å². The molecule has 1 aliphatic rings. The maximum Gasteiger partial charge on any atom is 0.275 e. The van der Waals surface area contributed by atoms with Crippen LogP contribution in [0.5, 0.6) is 0 Å². The van der Waals surface area contributed by atoms with Crippen molar-refractivity contribution in [2.75, 3.05) is 0 Å². The lowest BCUT2D eigenvalue weighted by Gasteiger charge is -2.11. The Morgan fingerprint density at radius 2 is 2.04 bits per heavy atom. The summed E-state index contributed by atoms with van der Waals surface area (Å²) in [4.78, 5) is 34.6. The molecule has 5 rings (SSSR count). The highest BCUT2D eigenvalue weighted by molar-refractivity contribution is 7.98. The Morgan fingerprint density at radius 1 is 1.22 bits per heavy atom. The van der Waals surface area contributed by atoms with E-state index in [1.54, 1.807) is 6.92 Å². The number of hydrogen-bond acceptors (Lipinski definition) is 7. The number of benzene rings is 1. The van der Waals surface area contributed by atoms with E-state index in [-0.39, 0.29) is 17.2 Å². The van der Waals surface area contributed by atoms with Gasteiger partial charge in [-0.2, -0.15) is 9.61 Å². The minimum atomic E-state index is -0.177. The third-order valence-electron chi connectivity index (χ3n) is 4.43. The van der Waals surface area contributed by atoms with Crippen LogP contribution in [0.1, 0.15) is 29.6 Å². The van der Waals surface area contributed by atoms with E-state index < -0.39 is 0 Å². The van der Waals surface area contributed by atoms with Crippen LogP contribution in [0, 0.1) is 6.92 Å². The van der Waals surface area contributed by atoms with Gasteiger partial charge in [-0.05, 0) is 31.9 Å². The molecule has 3 aromatic heterocycles. The predicted molar refractivity (Wildman–Crippen MR) is 106 cm³/mol. The molecule has 0 atom stereocenters. The number of aromatic nitrogens is 5. The summed E-state index contributed by atoms with van der Waals surface area (Å²) in [5.41, 5.74) is 1.23. The summed E-state index contributed by atoms with van der Waals surface area (Å²) in [5.74, 6) is 0.532. The molecule has 0 saturated heterocycles. The first-order valence-corrected chi connectivity index (χ1v) is 10.4. The Balaban J connectivity index is 1.53. The van der Waals surface area contributed by atoms with E-state index in [9.17, 15) is 9.59 Å². The van der Waals surface area contributed by atoms with Crippen LogP contribution < -0.4 is 11.1 Å². The molecule has 0 N–H and O–H groups in total. The highest BCUT2D eigenvalue weighted by Crippen LogP contribution is 2.37. The summed E-state index contributed by atoms with van der Waals surface area (Å²) in [5, 5.41) is 6.50. The minimum Gasteiger partial charge on any atom is -0.284 e. The number of nitrogens with zero attached hydrogens (tertiary/aromatic N) is 5. The average molecular weight is 397 g/mol. The van der Waals surface area contributed by atoms with E-state index in [4.69, 9.17) is 4.98 Å². The molecule has 1 fully saturated rings. The molecule has 0 bridgehead atoms. The van der Waals surface area contributed by atoms with Crippen LogP contribution in [-0.2, 0) is 5.75 Å². The molecule has 1 saturated carbocycles. The lowest BCUT2D eigenvalue weighted by molar-refractivity contribution is 0.618. The number of fused-ring (bicyclic) bond motifs is 2. The number of para-hydroxylation sites is 1. The molecule has 9 heteroatoms. The Hall–Kier alpha value is -2.52. The lowest BCUT2D eigenvalue weighted by atomic mass is 10.2. The van der Waals surface area contributed by atoms with E-state index >= 15 is 0 Å². The molecule has 7 nitrogen and oxygen atoms in total. The van der Waals surface area contributed by atoms with Crippen molar-refractivity contribution < 1.29 is 0 Å². The van der Waals surface area contributed by atoms with E-state index in [1.165, 1.54) is 33.7 Å². The summed E-state index contributed by atoms with van der Waals surface area (Å²) >= 11 is 2.87. The van der Waals surface area contributed by atoms with Gasteiger partial charge >= 0.3 is 0 Å². The molecular weight excluding hydrogens is 382 g/mol. The van der Waals surface area contributed by atoms with Crippen molar-refractivity contribution in [3.63, 3.8) is 0 Å². The summed E-state index contributed by atoms with van der Waals surface area (Å²) in [7, 11) is 0. The molecule has 136 valence electrons. The molecule has 0 amide bonds. The van der Waals surface area contributed by atoms with Gasteiger partial charge in [0.2, 0.25) is 4.96 Å². The number of hydrogen-bond donors (Lipinski definition) is 0. The van der Waals surface area contributed by atoms with Gasteiger partial charge in [0.1, 0.15) is 5.01 Å². The lowest BCUT2D eigenvalue weighted by Crippen LogP contribution is -2.22. The molecule has 1 aromatic carbocycles. The van der Waals surface area contributed by atoms with E-state index in [1.807, 2.05) is 28.8 Å². The normalized spacial score (nSPS) is 14.3. The molecule has 0 radical (unpaired) electrons. The van der Waals surface area contributed by atoms with Crippen LogP contribution in [0.25, 0.3) is 15.9 Å². The summed E-state index contributed by atoms with van der Waals surface area (Å²) in [6.45, 7) is 1.79. The fourth-order valence-corrected chi connectivity index (χ4v) is 5.02.